The number of hydrogen-bond donors (Lipinski definition) is 4. The van der Waals surface area contributed by atoms with Crippen molar-refractivity contribution in [2.45, 2.75) is 25.6 Å². The number of primary amides is 1. The average Bonchev–Trinajstić information content (AvgIpc) is 3.24. The van der Waals surface area contributed by atoms with Crippen molar-refractivity contribution in [1.82, 2.24) is 19.5 Å². The Bertz CT molecular complexity index is 1120. The quantitative estimate of drug-likeness (QED) is 0.243. The highest BCUT2D eigenvalue weighted by Gasteiger charge is 2.24. The lowest BCUT2D eigenvalue weighted by molar-refractivity contribution is 0.0996. The number of carbonyl (C=O) groups excluding carboxylic acids is 2. The molecular weight excluding hydrogens is 537 g/mol. The number of benzene rings is 1. The molecule has 1 aliphatic rings. The van der Waals surface area contributed by atoms with Crippen LogP contribution in [0, 0.1) is 17.5 Å². The van der Waals surface area contributed by atoms with E-state index in [4.69, 9.17) is 22.1 Å². The first-order valence-electron chi connectivity index (χ1n) is 11.4. The molecule has 0 bridgehead atoms. The molecule has 15 heteroatoms. The van der Waals surface area contributed by atoms with Crippen LogP contribution in [0.1, 0.15) is 28.8 Å². The number of nitrogens with two attached hydrogens (primary N) is 1. The van der Waals surface area contributed by atoms with E-state index in [1.165, 1.54) is 0 Å². The van der Waals surface area contributed by atoms with Crippen molar-refractivity contribution < 1.29 is 32.6 Å². The SMILES string of the molecule is CN1CCN(CCC(O)CCNC(=O)Nc2snc(OCc3c(F)cc(Cl)c(F)c3F)c2C(N)=O)CC1. The van der Waals surface area contributed by atoms with Crippen molar-refractivity contribution in [3.63, 3.8) is 0 Å². The van der Waals surface area contributed by atoms with Gasteiger partial charge < -0.3 is 30.7 Å². The van der Waals surface area contributed by atoms with Crippen LogP contribution in [0.3, 0.4) is 0 Å². The minimum absolute atomic E-state index is 0.0566. The van der Waals surface area contributed by atoms with Crippen LogP contribution in [-0.4, -0.2) is 83.6 Å². The zero-order valence-corrected chi connectivity index (χ0v) is 21.6. The van der Waals surface area contributed by atoms with Gasteiger partial charge in [-0.15, -0.1) is 0 Å². The summed E-state index contributed by atoms with van der Waals surface area (Å²) < 4.78 is 50.7. The summed E-state index contributed by atoms with van der Waals surface area (Å²) in [5, 5.41) is 14.4. The lowest BCUT2D eigenvalue weighted by Gasteiger charge is -2.32. The zero-order chi connectivity index (χ0) is 27.1. The van der Waals surface area contributed by atoms with E-state index in [-0.39, 0.29) is 23.0 Å². The number of ether oxygens (including phenoxy) is 1. The lowest BCUT2D eigenvalue weighted by Crippen LogP contribution is -2.45. The Kier molecular flexibility index (Phi) is 10.3. The number of carbonyl (C=O) groups is 2. The molecule has 3 rings (SSSR count). The highest BCUT2D eigenvalue weighted by molar-refractivity contribution is 7.11. The maximum absolute atomic E-state index is 14.0. The van der Waals surface area contributed by atoms with Crippen LogP contribution < -0.4 is 21.1 Å². The van der Waals surface area contributed by atoms with Gasteiger partial charge in [-0.2, -0.15) is 4.37 Å². The Labute approximate surface area is 220 Å². The molecule has 1 aliphatic heterocycles. The molecule has 204 valence electrons. The Morgan fingerprint density at radius 3 is 2.62 bits per heavy atom. The molecule has 0 aliphatic carbocycles. The highest BCUT2D eigenvalue weighted by Crippen LogP contribution is 2.32. The number of amides is 3. The summed E-state index contributed by atoms with van der Waals surface area (Å²) in [6, 6.07) is -0.0872. The van der Waals surface area contributed by atoms with Crippen molar-refractivity contribution in [3.8, 4) is 5.88 Å². The largest absolute Gasteiger partial charge is 0.471 e. The third-order valence-electron chi connectivity index (χ3n) is 5.83. The monoisotopic (exact) mass is 564 g/mol. The molecule has 5 N–H and O–H groups in total. The van der Waals surface area contributed by atoms with E-state index in [0.717, 1.165) is 32.7 Å². The molecule has 1 saturated heterocycles. The lowest BCUT2D eigenvalue weighted by atomic mass is 10.1. The topological polar surface area (TPSA) is 133 Å². The van der Waals surface area contributed by atoms with Gasteiger partial charge in [-0.25, -0.2) is 18.0 Å². The van der Waals surface area contributed by atoms with Gasteiger partial charge in [-0.3, -0.25) is 10.1 Å². The van der Waals surface area contributed by atoms with E-state index < -0.39 is 52.7 Å². The summed E-state index contributed by atoms with van der Waals surface area (Å²) in [6.07, 6.45) is 0.311. The number of rotatable bonds is 11. The van der Waals surface area contributed by atoms with Gasteiger partial charge in [0.2, 0.25) is 5.88 Å². The van der Waals surface area contributed by atoms with E-state index in [0.29, 0.717) is 30.4 Å². The number of urea groups is 1. The van der Waals surface area contributed by atoms with Gasteiger partial charge in [0.05, 0.1) is 16.7 Å². The van der Waals surface area contributed by atoms with E-state index in [2.05, 4.69) is 31.9 Å². The molecule has 1 aromatic carbocycles. The molecule has 0 radical (unpaired) electrons. The number of nitrogens with one attached hydrogen (secondary N) is 2. The van der Waals surface area contributed by atoms with Crippen molar-refractivity contribution in [1.29, 1.82) is 0 Å². The zero-order valence-electron chi connectivity index (χ0n) is 20.0. The molecule has 0 spiro atoms. The minimum Gasteiger partial charge on any atom is -0.471 e. The van der Waals surface area contributed by atoms with Crippen LogP contribution >= 0.6 is 23.1 Å². The van der Waals surface area contributed by atoms with Gasteiger partial charge in [0.15, 0.2) is 11.6 Å². The average molecular weight is 565 g/mol. The summed E-state index contributed by atoms with van der Waals surface area (Å²) in [7, 11) is 2.07. The molecule has 1 aromatic heterocycles. The first kappa shape index (κ1) is 28.9. The number of aliphatic hydroxyl groups is 1. The fraction of sp³-hybridized carbons (Fsp3) is 0.500. The van der Waals surface area contributed by atoms with Crippen molar-refractivity contribution in [2.24, 2.45) is 5.73 Å². The van der Waals surface area contributed by atoms with Gasteiger partial charge in [0, 0.05) is 39.3 Å². The van der Waals surface area contributed by atoms with Crippen LogP contribution in [0.25, 0.3) is 0 Å². The third-order valence-corrected chi connectivity index (χ3v) is 6.85. The first-order valence-corrected chi connectivity index (χ1v) is 12.6. The second-order valence-corrected chi connectivity index (χ2v) is 9.73. The normalized spacial score (nSPS) is 15.4. The van der Waals surface area contributed by atoms with Gasteiger partial charge in [0.1, 0.15) is 23.0 Å². The molecule has 0 saturated carbocycles. The van der Waals surface area contributed by atoms with Crippen LogP contribution in [0.4, 0.5) is 23.0 Å². The molecular formula is C22H28ClF3N6O4S. The Morgan fingerprint density at radius 2 is 1.95 bits per heavy atom. The first-order chi connectivity index (χ1) is 17.6. The molecule has 1 atom stereocenters. The summed E-state index contributed by atoms with van der Waals surface area (Å²) >= 11 is 6.06. The molecule has 1 unspecified atom stereocenters. The smallest absolute Gasteiger partial charge is 0.319 e. The van der Waals surface area contributed by atoms with Crippen LogP contribution in [0.15, 0.2) is 6.07 Å². The van der Waals surface area contributed by atoms with Gasteiger partial charge in [-0.05, 0) is 37.5 Å². The predicted octanol–water partition coefficient (Wildman–Crippen LogP) is 2.40. The minimum atomic E-state index is -1.54. The number of likely N-dealkylation sites (N-methyl/N-ethyl adjacent to an activating group) is 1. The standard InChI is InChI=1S/C22H28ClF3N6O4S/c1-31-6-8-32(9-7-31)5-3-12(33)2-4-28-22(35)29-21-16(19(27)34)20(30-37-21)36-11-13-15(24)10-14(23)18(26)17(13)25/h10,12,33H,2-9,11H2,1H3,(H2,27,34)(H2,28,29,35). The maximum atomic E-state index is 14.0. The van der Waals surface area contributed by atoms with Gasteiger partial charge in [0.25, 0.3) is 5.91 Å². The highest BCUT2D eigenvalue weighted by atomic mass is 35.5. The number of piperazine rings is 1. The van der Waals surface area contributed by atoms with E-state index in [1.807, 2.05) is 0 Å². The molecule has 3 amide bonds. The van der Waals surface area contributed by atoms with Crippen molar-refractivity contribution >= 4 is 40.1 Å². The van der Waals surface area contributed by atoms with Crippen LogP contribution in [0.5, 0.6) is 5.88 Å². The van der Waals surface area contributed by atoms with Gasteiger partial charge in [-0.1, -0.05) is 11.6 Å². The third kappa shape index (κ3) is 7.92. The number of aliphatic hydroxyl groups excluding tert-OH is 1. The summed E-state index contributed by atoms with van der Waals surface area (Å²) in [5.74, 6) is -5.53. The molecule has 2 aromatic rings. The number of aromatic nitrogens is 1. The van der Waals surface area contributed by atoms with Crippen LogP contribution in [0.2, 0.25) is 5.02 Å². The number of anilines is 1. The van der Waals surface area contributed by atoms with E-state index >= 15 is 0 Å². The van der Waals surface area contributed by atoms with Crippen molar-refractivity contribution in [2.75, 3.05) is 51.6 Å². The number of hydrogen-bond acceptors (Lipinski definition) is 8. The molecule has 37 heavy (non-hydrogen) atoms. The molecule has 2 heterocycles. The molecule has 10 nitrogen and oxygen atoms in total. The summed E-state index contributed by atoms with van der Waals surface area (Å²) in [6.45, 7) is 4.01. The van der Waals surface area contributed by atoms with Gasteiger partial charge >= 0.3 is 6.03 Å². The van der Waals surface area contributed by atoms with Crippen molar-refractivity contribution in [3.05, 3.63) is 39.7 Å². The fourth-order valence-electron chi connectivity index (χ4n) is 3.60. The Morgan fingerprint density at radius 1 is 1.24 bits per heavy atom. The fourth-order valence-corrected chi connectivity index (χ4v) is 4.51. The number of halogens is 4. The van der Waals surface area contributed by atoms with E-state index in [1.54, 1.807) is 0 Å². The second kappa shape index (κ2) is 13.2. The van der Waals surface area contributed by atoms with E-state index in [9.17, 15) is 27.9 Å². The predicted molar refractivity (Wildman–Crippen MR) is 132 cm³/mol. The Balaban J connectivity index is 1.49. The second-order valence-electron chi connectivity index (χ2n) is 8.55. The molecule has 1 fully saturated rings. The number of nitrogens with zero attached hydrogens (tertiary/aromatic N) is 3. The Hall–Kier alpha value is -2.65. The summed E-state index contributed by atoms with van der Waals surface area (Å²) in [5.41, 5.74) is 4.28. The maximum Gasteiger partial charge on any atom is 0.319 e. The van der Waals surface area contributed by atoms with Crippen LogP contribution in [-0.2, 0) is 6.61 Å². The summed E-state index contributed by atoms with van der Waals surface area (Å²) in [4.78, 5) is 28.7.